The van der Waals surface area contributed by atoms with E-state index in [9.17, 15) is 0 Å². The minimum absolute atomic E-state index is 0.497. The Morgan fingerprint density at radius 1 is 1.40 bits per heavy atom. The van der Waals surface area contributed by atoms with Gasteiger partial charge in [0.05, 0.1) is 11.6 Å². The molecule has 2 nitrogen and oxygen atoms in total. The van der Waals surface area contributed by atoms with Gasteiger partial charge in [-0.3, -0.25) is 0 Å². The van der Waals surface area contributed by atoms with Crippen LogP contribution in [0, 0.1) is 11.3 Å². The lowest BCUT2D eigenvalue weighted by Crippen LogP contribution is -2.24. The van der Waals surface area contributed by atoms with Gasteiger partial charge in [-0.2, -0.15) is 5.26 Å². The van der Waals surface area contributed by atoms with Gasteiger partial charge in [0.15, 0.2) is 0 Å². The second kappa shape index (κ2) is 4.04. The Balaban J connectivity index is 2.54. The summed E-state index contributed by atoms with van der Waals surface area (Å²) >= 11 is 0. The van der Waals surface area contributed by atoms with Crippen LogP contribution >= 0.6 is 0 Å². The van der Waals surface area contributed by atoms with Crippen LogP contribution in [0.25, 0.3) is 0 Å². The predicted molar refractivity (Wildman–Crippen MR) is 60.7 cm³/mol. The molecule has 0 fully saturated rings. The molecule has 0 saturated carbocycles. The first kappa shape index (κ1) is 10.2. The molecule has 1 aliphatic heterocycles. The minimum atomic E-state index is 0.497. The van der Waals surface area contributed by atoms with Gasteiger partial charge >= 0.3 is 0 Å². The Kier molecular flexibility index (Phi) is 2.75. The first-order valence-corrected chi connectivity index (χ1v) is 5.49. The van der Waals surface area contributed by atoms with E-state index in [0.717, 1.165) is 25.1 Å². The lowest BCUT2D eigenvalue weighted by molar-refractivity contribution is 0.640. The van der Waals surface area contributed by atoms with Crippen LogP contribution in [-0.4, -0.2) is 6.54 Å². The van der Waals surface area contributed by atoms with Gasteiger partial charge in [-0.05, 0) is 41.6 Å². The maximum atomic E-state index is 9.12. The van der Waals surface area contributed by atoms with Gasteiger partial charge in [0, 0.05) is 6.54 Å². The molecule has 0 spiro atoms. The first-order valence-electron chi connectivity index (χ1n) is 5.49. The number of nitriles is 1. The summed E-state index contributed by atoms with van der Waals surface area (Å²) in [6.45, 7) is 6.21. The Morgan fingerprint density at radius 2 is 2.20 bits per heavy atom. The van der Waals surface area contributed by atoms with Crippen molar-refractivity contribution in [3.63, 3.8) is 0 Å². The van der Waals surface area contributed by atoms with E-state index in [2.05, 4.69) is 31.3 Å². The van der Waals surface area contributed by atoms with E-state index in [4.69, 9.17) is 5.26 Å². The van der Waals surface area contributed by atoms with Gasteiger partial charge in [0.1, 0.15) is 0 Å². The molecule has 2 rings (SSSR count). The van der Waals surface area contributed by atoms with Crippen LogP contribution in [0.5, 0.6) is 0 Å². The highest BCUT2D eigenvalue weighted by Gasteiger charge is 2.15. The van der Waals surface area contributed by atoms with Crippen molar-refractivity contribution in [3.8, 4) is 6.07 Å². The highest BCUT2D eigenvalue weighted by molar-refractivity contribution is 5.47. The van der Waals surface area contributed by atoms with Crippen LogP contribution < -0.4 is 5.32 Å². The quantitative estimate of drug-likeness (QED) is 0.755. The van der Waals surface area contributed by atoms with Crippen LogP contribution in [0.4, 0.5) is 0 Å². The Hall–Kier alpha value is -1.33. The third kappa shape index (κ3) is 1.88. The Bertz CT molecular complexity index is 413. The third-order valence-corrected chi connectivity index (χ3v) is 3.02. The van der Waals surface area contributed by atoms with E-state index >= 15 is 0 Å². The van der Waals surface area contributed by atoms with Gasteiger partial charge in [-0.15, -0.1) is 0 Å². The van der Waals surface area contributed by atoms with Crippen LogP contribution in [0.15, 0.2) is 12.1 Å². The van der Waals surface area contributed by atoms with Crippen LogP contribution in [-0.2, 0) is 13.0 Å². The largest absolute Gasteiger partial charge is 0.312 e. The summed E-state index contributed by atoms with van der Waals surface area (Å²) in [4.78, 5) is 0. The summed E-state index contributed by atoms with van der Waals surface area (Å²) < 4.78 is 0. The van der Waals surface area contributed by atoms with E-state index in [1.165, 1.54) is 16.7 Å². The maximum absolute atomic E-state index is 9.12. The van der Waals surface area contributed by atoms with Crippen molar-refractivity contribution in [3.05, 3.63) is 34.4 Å². The topological polar surface area (TPSA) is 35.8 Å². The van der Waals surface area contributed by atoms with E-state index in [1.807, 2.05) is 6.07 Å². The fourth-order valence-electron chi connectivity index (χ4n) is 2.06. The predicted octanol–water partition coefficient (Wildman–Crippen LogP) is 2.33. The highest BCUT2D eigenvalue weighted by atomic mass is 14.9. The molecular weight excluding hydrogens is 184 g/mol. The molecule has 0 bridgehead atoms. The monoisotopic (exact) mass is 200 g/mol. The molecule has 15 heavy (non-hydrogen) atoms. The molecule has 1 aliphatic rings. The number of benzene rings is 1. The highest BCUT2D eigenvalue weighted by Crippen LogP contribution is 2.24. The summed E-state index contributed by atoms with van der Waals surface area (Å²) in [6.07, 6.45) is 1.05. The molecule has 1 aromatic rings. The zero-order valence-electron chi connectivity index (χ0n) is 9.30. The zero-order valence-corrected chi connectivity index (χ0v) is 9.30. The normalized spacial score (nSPS) is 14.8. The first-order chi connectivity index (χ1) is 7.22. The molecule has 0 aromatic heterocycles. The van der Waals surface area contributed by atoms with E-state index in [-0.39, 0.29) is 0 Å². The van der Waals surface area contributed by atoms with Crippen LogP contribution in [0.1, 0.15) is 42.0 Å². The van der Waals surface area contributed by atoms with Crippen LogP contribution in [0.3, 0.4) is 0 Å². The van der Waals surface area contributed by atoms with Gasteiger partial charge in [-0.1, -0.05) is 19.9 Å². The van der Waals surface area contributed by atoms with Crippen molar-refractivity contribution in [2.45, 2.75) is 32.7 Å². The fraction of sp³-hybridized carbons (Fsp3) is 0.462. The summed E-state index contributed by atoms with van der Waals surface area (Å²) in [5.74, 6) is 0.497. The summed E-state index contributed by atoms with van der Waals surface area (Å²) in [7, 11) is 0. The molecule has 0 saturated heterocycles. The smallest absolute Gasteiger partial charge is 0.0995 e. The van der Waals surface area contributed by atoms with E-state index in [0.29, 0.717) is 5.92 Å². The lowest BCUT2D eigenvalue weighted by Gasteiger charge is -2.20. The summed E-state index contributed by atoms with van der Waals surface area (Å²) in [5.41, 5.74) is 4.69. The number of fused-ring (bicyclic) bond motifs is 1. The van der Waals surface area contributed by atoms with E-state index < -0.39 is 0 Å². The number of hydrogen-bond acceptors (Lipinski definition) is 2. The standard InChI is InChI=1S/C13H16N2/c1-9(2)11-5-10-3-4-15-8-13(10)12(6-11)7-14/h5-6,9,15H,3-4,8H2,1-2H3. The molecule has 0 atom stereocenters. The average molecular weight is 200 g/mol. The SMILES string of the molecule is CC(C)c1cc(C#N)c2c(c1)CCNC2. The second-order valence-corrected chi connectivity index (χ2v) is 4.40. The van der Waals surface area contributed by atoms with Crippen molar-refractivity contribution in [2.75, 3.05) is 6.54 Å². The van der Waals surface area contributed by atoms with Gasteiger partial charge in [0.25, 0.3) is 0 Å². The van der Waals surface area contributed by atoms with Crippen molar-refractivity contribution in [1.82, 2.24) is 5.32 Å². The summed E-state index contributed by atoms with van der Waals surface area (Å²) in [6, 6.07) is 6.61. The van der Waals surface area contributed by atoms with Crippen molar-refractivity contribution in [1.29, 1.82) is 5.26 Å². The van der Waals surface area contributed by atoms with Crippen molar-refractivity contribution >= 4 is 0 Å². The van der Waals surface area contributed by atoms with Gasteiger partial charge in [-0.25, -0.2) is 0 Å². The van der Waals surface area contributed by atoms with Crippen molar-refractivity contribution in [2.24, 2.45) is 0 Å². The molecule has 0 radical (unpaired) electrons. The zero-order chi connectivity index (χ0) is 10.8. The molecule has 1 aromatic carbocycles. The molecular formula is C13H16N2. The molecule has 1 heterocycles. The van der Waals surface area contributed by atoms with Crippen LogP contribution in [0.2, 0.25) is 0 Å². The third-order valence-electron chi connectivity index (χ3n) is 3.02. The number of hydrogen-bond donors (Lipinski definition) is 1. The van der Waals surface area contributed by atoms with E-state index in [1.54, 1.807) is 0 Å². The molecule has 0 aliphatic carbocycles. The molecule has 2 heteroatoms. The van der Waals surface area contributed by atoms with Gasteiger partial charge < -0.3 is 5.32 Å². The summed E-state index contributed by atoms with van der Waals surface area (Å²) in [5, 5.41) is 12.4. The Labute approximate surface area is 90.9 Å². The number of rotatable bonds is 1. The fourth-order valence-corrected chi connectivity index (χ4v) is 2.06. The maximum Gasteiger partial charge on any atom is 0.0995 e. The molecule has 1 N–H and O–H groups in total. The lowest BCUT2D eigenvalue weighted by atomic mass is 9.90. The average Bonchev–Trinajstić information content (AvgIpc) is 2.27. The molecule has 78 valence electrons. The minimum Gasteiger partial charge on any atom is -0.312 e. The van der Waals surface area contributed by atoms with Crippen molar-refractivity contribution < 1.29 is 0 Å². The molecule has 0 amide bonds. The molecule has 0 unspecified atom stereocenters. The van der Waals surface area contributed by atoms with Gasteiger partial charge in [0.2, 0.25) is 0 Å². The number of nitrogens with zero attached hydrogens (tertiary/aromatic N) is 1. The number of nitrogens with one attached hydrogen (secondary N) is 1. The second-order valence-electron chi connectivity index (χ2n) is 4.40. The Morgan fingerprint density at radius 3 is 2.87 bits per heavy atom.